The molecular formula is C17H22N2O2. The van der Waals surface area contributed by atoms with Crippen LogP contribution in [0.3, 0.4) is 0 Å². The predicted molar refractivity (Wildman–Crippen MR) is 83.0 cm³/mol. The molecule has 1 aromatic rings. The van der Waals surface area contributed by atoms with E-state index in [-0.39, 0.29) is 12.5 Å². The van der Waals surface area contributed by atoms with Gasteiger partial charge < -0.3 is 10.0 Å². The summed E-state index contributed by atoms with van der Waals surface area (Å²) in [6.45, 7) is 7.68. The number of benzene rings is 1. The normalized spacial score (nSPS) is 19.0. The van der Waals surface area contributed by atoms with Crippen molar-refractivity contribution in [1.82, 2.24) is 9.80 Å². The van der Waals surface area contributed by atoms with Gasteiger partial charge in [-0.15, -0.1) is 0 Å². The van der Waals surface area contributed by atoms with Crippen LogP contribution in [0.1, 0.15) is 29.8 Å². The molecule has 1 unspecified atom stereocenters. The van der Waals surface area contributed by atoms with Gasteiger partial charge in [0.25, 0.3) is 5.91 Å². The van der Waals surface area contributed by atoms with E-state index in [2.05, 4.69) is 30.6 Å². The van der Waals surface area contributed by atoms with Gasteiger partial charge in [0.05, 0.1) is 0 Å². The summed E-state index contributed by atoms with van der Waals surface area (Å²) in [5.41, 5.74) is 1.51. The maximum atomic E-state index is 12.5. The second-order valence-electron chi connectivity index (χ2n) is 5.27. The van der Waals surface area contributed by atoms with Crippen LogP contribution >= 0.6 is 0 Å². The summed E-state index contributed by atoms with van der Waals surface area (Å²) < 4.78 is 0. The Hall–Kier alpha value is -1.83. The number of nitrogens with zero attached hydrogens (tertiary/aromatic N) is 2. The third-order valence-electron chi connectivity index (χ3n) is 3.90. The van der Waals surface area contributed by atoms with Crippen LogP contribution in [0.15, 0.2) is 24.3 Å². The summed E-state index contributed by atoms with van der Waals surface area (Å²) in [6, 6.07) is 7.66. The van der Waals surface area contributed by atoms with Crippen LogP contribution < -0.4 is 0 Å². The molecule has 1 saturated heterocycles. The summed E-state index contributed by atoms with van der Waals surface area (Å²) in [6.07, 6.45) is 0. The molecule has 2 rings (SSSR count). The molecule has 0 aliphatic carbocycles. The standard InChI is InChI=1S/C17H22N2O2/c1-3-18-10-11-19(13-14(18)2)17(21)16-8-6-15(7-9-16)5-4-12-20/h6-9,14,20H,3,10-13H2,1-2H3. The molecule has 0 bridgehead atoms. The van der Waals surface area contributed by atoms with Crippen molar-refractivity contribution in [2.45, 2.75) is 19.9 Å². The summed E-state index contributed by atoms with van der Waals surface area (Å²) in [5, 5.41) is 8.67. The first-order chi connectivity index (χ1) is 10.2. The van der Waals surface area contributed by atoms with Gasteiger partial charge in [-0.1, -0.05) is 18.8 Å². The van der Waals surface area contributed by atoms with E-state index in [9.17, 15) is 4.79 Å². The van der Waals surface area contributed by atoms with Crippen LogP contribution in [0.4, 0.5) is 0 Å². The van der Waals surface area contributed by atoms with Crippen LogP contribution in [-0.2, 0) is 0 Å². The summed E-state index contributed by atoms with van der Waals surface area (Å²) in [5.74, 6) is 5.51. The Bertz CT molecular complexity index is 542. The molecule has 1 N–H and O–H groups in total. The van der Waals surface area contributed by atoms with E-state index >= 15 is 0 Å². The van der Waals surface area contributed by atoms with Crippen molar-refractivity contribution in [1.29, 1.82) is 0 Å². The highest BCUT2D eigenvalue weighted by Crippen LogP contribution is 2.13. The van der Waals surface area contributed by atoms with E-state index in [0.29, 0.717) is 11.6 Å². The molecule has 1 heterocycles. The van der Waals surface area contributed by atoms with Gasteiger partial charge in [-0.3, -0.25) is 9.69 Å². The predicted octanol–water partition coefficient (Wildman–Crippen LogP) is 1.20. The molecule has 1 aliphatic rings. The Morgan fingerprint density at radius 1 is 1.33 bits per heavy atom. The Balaban J connectivity index is 2.03. The van der Waals surface area contributed by atoms with E-state index in [1.54, 1.807) is 12.1 Å². The van der Waals surface area contributed by atoms with Crippen molar-refractivity contribution in [2.75, 3.05) is 32.8 Å². The monoisotopic (exact) mass is 286 g/mol. The number of likely N-dealkylation sites (N-methyl/N-ethyl adjacent to an activating group) is 1. The van der Waals surface area contributed by atoms with Crippen molar-refractivity contribution in [3.8, 4) is 11.8 Å². The first-order valence-corrected chi connectivity index (χ1v) is 7.38. The molecule has 0 saturated carbocycles. The smallest absolute Gasteiger partial charge is 0.253 e. The van der Waals surface area contributed by atoms with Crippen molar-refractivity contribution < 1.29 is 9.90 Å². The largest absolute Gasteiger partial charge is 0.384 e. The molecule has 21 heavy (non-hydrogen) atoms. The zero-order chi connectivity index (χ0) is 15.2. The molecule has 4 heteroatoms. The van der Waals surface area contributed by atoms with Gasteiger partial charge in [0.1, 0.15) is 6.61 Å². The lowest BCUT2D eigenvalue weighted by molar-refractivity contribution is 0.0528. The van der Waals surface area contributed by atoms with Crippen LogP contribution in [0.2, 0.25) is 0 Å². The van der Waals surface area contributed by atoms with Crippen LogP contribution in [0.25, 0.3) is 0 Å². The van der Waals surface area contributed by atoms with E-state index in [0.717, 1.165) is 31.7 Å². The number of hydrogen-bond acceptors (Lipinski definition) is 3. The quantitative estimate of drug-likeness (QED) is 0.831. The maximum Gasteiger partial charge on any atom is 0.253 e. The SMILES string of the molecule is CCN1CCN(C(=O)c2ccc(C#CCO)cc2)CC1C. The van der Waals surface area contributed by atoms with Crippen molar-refractivity contribution in [3.63, 3.8) is 0 Å². The lowest BCUT2D eigenvalue weighted by Crippen LogP contribution is -2.53. The summed E-state index contributed by atoms with van der Waals surface area (Å²) in [4.78, 5) is 16.8. The molecule has 1 aromatic carbocycles. The van der Waals surface area contributed by atoms with Gasteiger partial charge in [-0.05, 0) is 37.7 Å². The van der Waals surface area contributed by atoms with E-state index < -0.39 is 0 Å². The van der Waals surface area contributed by atoms with Crippen molar-refractivity contribution >= 4 is 5.91 Å². The first-order valence-electron chi connectivity index (χ1n) is 7.38. The zero-order valence-corrected chi connectivity index (χ0v) is 12.7. The third kappa shape index (κ3) is 3.84. The average molecular weight is 286 g/mol. The topological polar surface area (TPSA) is 43.8 Å². The second kappa shape index (κ2) is 7.26. The fourth-order valence-electron chi connectivity index (χ4n) is 2.67. The van der Waals surface area contributed by atoms with Gasteiger partial charge in [-0.25, -0.2) is 0 Å². The second-order valence-corrected chi connectivity index (χ2v) is 5.27. The Morgan fingerprint density at radius 2 is 2.05 bits per heavy atom. The number of hydrogen-bond donors (Lipinski definition) is 1. The highest BCUT2D eigenvalue weighted by molar-refractivity contribution is 5.94. The molecule has 4 nitrogen and oxygen atoms in total. The van der Waals surface area contributed by atoms with E-state index in [1.807, 2.05) is 17.0 Å². The summed E-state index contributed by atoms with van der Waals surface area (Å²) in [7, 11) is 0. The number of rotatable bonds is 2. The minimum atomic E-state index is -0.153. The Labute approximate surface area is 126 Å². The number of piperazine rings is 1. The number of aliphatic hydroxyl groups excluding tert-OH is 1. The number of carbonyl (C=O) groups is 1. The fourth-order valence-corrected chi connectivity index (χ4v) is 2.67. The molecule has 1 fully saturated rings. The third-order valence-corrected chi connectivity index (χ3v) is 3.90. The highest BCUT2D eigenvalue weighted by atomic mass is 16.2. The molecule has 1 aliphatic heterocycles. The zero-order valence-electron chi connectivity index (χ0n) is 12.7. The number of aliphatic hydroxyl groups is 1. The fraction of sp³-hybridized carbons (Fsp3) is 0.471. The van der Waals surface area contributed by atoms with E-state index in [4.69, 9.17) is 5.11 Å². The minimum Gasteiger partial charge on any atom is -0.384 e. The van der Waals surface area contributed by atoms with Gasteiger partial charge in [0, 0.05) is 36.8 Å². The lowest BCUT2D eigenvalue weighted by atomic mass is 10.1. The average Bonchev–Trinajstić information content (AvgIpc) is 2.52. The van der Waals surface area contributed by atoms with Gasteiger partial charge in [0.15, 0.2) is 0 Å². The van der Waals surface area contributed by atoms with Gasteiger partial charge in [0.2, 0.25) is 0 Å². The van der Waals surface area contributed by atoms with Crippen molar-refractivity contribution in [2.24, 2.45) is 0 Å². The molecular weight excluding hydrogens is 264 g/mol. The molecule has 112 valence electrons. The molecule has 0 spiro atoms. The van der Waals surface area contributed by atoms with Crippen LogP contribution in [0, 0.1) is 11.8 Å². The molecule has 0 aromatic heterocycles. The van der Waals surface area contributed by atoms with E-state index in [1.165, 1.54) is 0 Å². The molecule has 1 atom stereocenters. The summed E-state index contributed by atoms with van der Waals surface area (Å²) >= 11 is 0. The molecule has 1 amide bonds. The van der Waals surface area contributed by atoms with Gasteiger partial charge >= 0.3 is 0 Å². The van der Waals surface area contributed by atoms with Crippen molar-refractivity contribution in [3.05, 3.63) is 35.4 Å². The first kappa shape index (κ1) is 15.6. The number of carbonyl (C=O) groups excluding carboxylic acids is 1. The lowest BCUT2D eigenvalue weighted by Gasteiger charge is -2.39. The minimum absolute atomic E-state index is 0.0827. The Morgan fingerprint density at radius 3 is 2.62 bits per heavy atom. The van der Waals surface area contributed by atoms with Gasteiger partial charge in [-0.2, -0.15) is 0 Å². The van der Waals surface area contributed by atoms with Crippen LogP contribution in [-0.4, -0.2) is 59.6 Å². The molecule has 0 radical (unpaired) electrons. The maximum absolute atomic E-state index is 12.5. The highest BCUT2D eigenvalue weighted by Gasteiger charge is 2.26. The van der Waals surface area contributed by atoms with Crippen LogP contribution in [0.5, 0.6) is 0 Å². The Kier molecular flexibility index (Phi) is 5.38. The number of amides is 1.